The highest BCUT2D eigenvalue weighted by molar-refractivity contribution is 5.75. The molecule has 0 bridgehead atoms. The molecule has 94 valence electrons. The zero-order valence-electron chi connectivity index (χ0n) is 11.9. The number of allylic oxidation sites excluding steroid dienone is 6. The lowest BCUT2D eigenvalue weighted by atomic mass is 9.93. The molecule has 0 aliphatic rings. The quantitative estimate of drug-likeness (QED) is 0.616. The summed E-state index contributed by atoms with van der Waals surface area (Å²) in [6, 6.07) is 6.56. The Bertz CT molecular complexity index is 525. The van der Waals surface area contributed by atoms with E-state index >= 15 is 0 Å². The molecule has 0 heterocycles. The maximum atomic E-state index is 3.92. The van der Waals surface area contributed by atoms with Gasteiger partial charge in [-0.05, 0) is 61.1 Å². The van der Waals surface area contributed by atoms with E-state index in [0.29, 0.717) is 0 Å². The lowest BCUT2D eigenvalue weighted by Crippen LogP contribution is -1.91. The van der Waals surface area contributed by atoms with Crippen LogP contribution < -0.4 is 0 Å². The van der Waals surface area contributed by atoms with Gasteiger partial charge in [-0.25, -0.2) is 0 Å². The van der Waals surface area contributed by atoms with Gasteiger partial charge >= 0.3 is 0 Å². The third kappa shape index (κ3) is 2.89. The zero-order valence-corrected chi connectivity index (χ0v) is 11.9. The van der Waals surface area contributed by atoms with Crippen molar-refractivity contribution in [3.8, 4) is 0 Å². The van der Waals surface area contributed by atoms with E-state index in [1.54, 1.807) is 0 Å². The van der Waals surface area contributed by atoms with Gasteiger partial charge in [-0.2, -0.15) is 0 Å². The third-order valence-electron chi connectivity index (χ3n) is 3.39. The maximum absolute atomic E-state index is 3.92. The summed E-state index contributed by atoms with van der Waals surface area (Å²) in [7, 11) is 0. The minimum atomic E-state index is 1.13. The lowest BCUT2D eigenvalue weighted by Gasteiger charge is -2.11. The molecule has 0 nitrogen and oxygen atoms in total. The summed E-state index contributed by atoms with van der Waals surface area (Å²) in [5.74, 6) is 0. The zero-order chi connectivity index (χ0) is 13.7. The van der Waals surface area contributed by atoms with E-state index < -0.39 is 0 Å². The van der Waals surface area contributed by atoms with Gasteiger partial charge in [-0.3, -0.25) is 0 Å². The van der Waals surface area contributed by atoms with Crippen LogP contribution in [-0.2, 0) is 0 Å². The van der Waals surface area contributed by atoms with Crippen molar-refractivity contribution in [3.05, 3.63) is 77.4 Å². The minimum Gasteiger partial charge on any atom is -0.0985 e. The fourth-order valence-electron chi connectivity index (χ4n) is 2.00. The number of aryl methyl sites for hydroxylation is 2. The predicted octanol–water partition coefficient (Wildman–Crippen LogP) is 5.40. The van der Waals surface area contributed by atoms with Gasteiger partial charge in [0.15, 0.2) is 0 Å². The molecule has 0 fully saturated rings. The van der Waals surface area contributed by atoms with Crippen LogP contribution in [0.5, 0.6) is 0 Å². The molecule has 0 spiro atoms. The van der Waals surface area contributed by atoms with Crippen LogP contribution in [0.15, 0.2) is 60.7 Å². The van der Waals surface area contributed by atoms with Crippen LogP contribution in [0, 0.1) is 13.8 Å². The lowest BCUT2D eigenvalue weighted by molar-refractivity contribution is 1.32. The van der Waals surface area contributed by atoms with Crippen LogP contribution in [0.1, 0.15) is 30.5 Å². The maximum Gasteiger partial charge on any atom is -0.0158 e. The van der Waals surface area contributed by atoms with Gasteiger partial charge in [0, 0.05) is 0 Å². The minimum absolute atomic E-state index is 1.13. The Labute approximate surface area is 111 Å². The molecular formula is C18H22. The Morgan fingerprint density at radius 1 is 1.06 bits per heavy atom. The first-order valence-electron chi connectivity index (χ1n) is 6.25. The third-order valence-corrected chi connectivity index (χ3v) is 3.39. The average Bonchev–Trinajstić information content (AvgIpc) is 2.38. The van der Waals surface area contributed by atoms with Crippen LogP contribution in [0.4, 0.5) is 0 Å². The molecule has 0 aliphatic carbocycles. The molecule has 0 heteroatoms. The molecule has 0 aromatic heterocycles. The van der Waals surface area contributed by atoms with Gasteiger partial charge < -0.3 is 0 Å². The molecule has 0 atom stereocenters. The molecule has 18 heavy (non-hydrogen) atoms. The molecule has 0 saturated carbocycles. The first-order chi connectivity index (χ1) is 8.54. The van der Waals surface area contributed by atoms with Gasteiger partial charge in [-0.15, -0.1) is 0 Å². The first kappa shape index (κ1) is 14.2. The van der Waals surface area contributed by atoms with Gasteiger partial charge in [0.05, 0.1) is 0 Å². The Morgan fingerprint density at radius 3 is 2.17 bits per heavy atom. The standard InChI is InChI=1S/C18H22/c1-7-16(8-2)18(9-3)15(6)17-11-10-13(4)14(5)12-17/h7-12H,1,3H2,2,4-6H3. The predicted molar refractivity (Wildman–Crippen MR) is 82.7 cm³/mol. The van der Waals surface area contributed by atoms with Crippen LogP contribution in [-0.4, -0.2) is 0 Å². The number of hydrogen-bond donors (Lipinski definition) is 0. The van der Waals surface area contributed by atoms with E-state index in [1.807, 2.05) is 19.1 Å². The van der Waals surface area contributed by atoms with E-state index in [0.717, 1.165) is 11.1 Å². The molecule has 0 aliphatic heterocycles. The molecule has 1 aromatic rings. The molecule has 0 unspecified atom stereocenters. The summed E-state index contributed by atoms with van der Waals surface area (Å²) in [6.07, 6.45) is 5.84. The van der Waals surface area contributed by atoms with Crippen molar-refractivity contribution in [2.45, 2.75) is 27.7 Å². The van der Waals surface area contributed by atoms with Gasteiger partial charge in [0.25, 0.3) is 0 Å². The monoisotopic (exact) mass is 238 g/mol. The fourth-order valence-corrected chi connectivity index (χ4v) is 2.00. The van der Waals surface area contributed by atoms with Crippen molar-refractivity contribution in [1.82, 2.24) is 0 Å². The van der Waals surface area contributed by atoms with Crippen molar-refractivity contribution in [3.63, 3.8) is 0 Å². The Balaban J connectivity index is 3.40. The Morgan fingerprint density at radius 2 is 1.72 bits per heavy atom. The van der Waals surface area contributed by atoms with Crippen molar-refractivity contribution in [1.29, 1.82) is 0 Å². The summed E-state index contributed by atoms with van der Waals surface area (Å²) in [6.45, 7) is 16.2. The van der Waals surface area contributed by atoms with Gasteiger partial charge in [0.2, 0.25) is 0 Å². The van der Waals surface area contributed by atoms with Crippen molar-refractivity contribution >= 4 is 5.57 Å². The summed E-state index contributed by atoms with van der Waals surface area (Å²) >= 11 is 0. The van der Waals surface area contributed by atoms with E-state index in [-0.39, 0.29) is 0 Å². The highest BCUT2D eigenvalue weighted by Crippen LogP contribution is 2.26. The first-order valence-corrected chi connectivity index (χ1v) is 6.25. The second kappa shape index (κ2) is 6.20. The van der Waals surface area contributed by atoms with Gasteiger partial charge in [-0.1, -0.05) is 49.6 Å². The Hall–Kier alpha value is -1.82. The van der Waals surface area contributed by atoms with Gasteiger partial charge in [0.1, 0.15) is 0 Å². The second-order valence-electron chi connectivity index (χ2n) is 4.49. The number of hydrogen-bond acceptors (Lipinski definition) is 0. The van der Waals surface area contributed by atoms with Crippen LogP contribution in [0.2, 0.25) is 0 Å². The molecule has 0 N–H and O–H groups in total. The smallest absolute Gasteiger partial charge is 0.0158 e. The molecule has 1 aromatic carbocycles. The van der Waals surface area contributed by atoms with E-state index in [4.69, 9.17) is 0 Å². The molecular weight excluding hydrogens is 216 g/mol. The second-order valence-corrected chi connectivity index (χ2v) is 4.49. The molecule has 0 saturated heterocycles. The van der Waals surface area contributed by atoms with Crippen LogP contribution in [0.25, 0.3) is 5.57 Å². The summed E-state index contributed by atoms with van der Waals surface area (Å²) in [4.78, 5) is 0. The largest absolute Gasteiger partial charge is 0.0985 e. The number of rotatable bonds is 4. The van der Waals surface area contributed by atoms with Crippen LogP contribution in [0.3, 0.4) is 0 Å². The van der Waals surface area contributed by atoms with E-state index in [2.05, 4.69) is 58.2 Å². The highest BCUT2D eigenvalue weighted by atomic mass is 14.1. The highest BCUT2D eigenvalue weighted by Gasteiger charge is 2.05. The molecule has 1 rings (SSSR count). The number of benzene rings is 1. The van der Waals surface area contributed by atoms with Crippen LogP contribution >= 0.6 is 0 Å². The van der Waals surface area contributed by atoms with E-state index in [1.165, 1.54) is 22.3 Å². The molecule has 0 radical (unpaired) electrons. The average molecular weight is 238 g/mol. The van der Waals surface area contributed by atoms with Crippen molar-refractivity contribution in [2.75, 3.05) is 0 Å². The summed E-state index contributed by atoms with van der Waals surface area (Å²) in [5, 5.41) is 0. The van der Waals surface area contributed by atoms with Crippen molar-refractivity contribution in [2.24, 2.45) is 0 Å². The fraction of sp³-hybridized carbons (Fsp3) is 0.222. The van der Waals surface area contributed by atoms with Crippen molar-refractivity contribution < 1.29 is 0 Å². The topological polar surface area (TPSA) is 0 Å². The normalized spacial score (nSPS) is 13.0. The molecule has 0 amide bonds. The Kier molecular flexibility index (Phi) is 4.91. The summed E-state index contributed by atoms with van der Waals surface area (Å²) < 4.78 is 0. The van der Waals surface area contributed by atoms with E-state index in [9.17, 15) is 0 Å². The SMILES string of the molecule is C=CC(=CC)C(C=C)=C(C)c1ccc(C)c(C)c1. The summed E-state index contributed by atoms with van der Waals surface area (Å²) in [5.41, 5.74) is 7.39.